The minimum Gasteiger partial charge on any atom is -0.378 e. The summed E-state index contributed by atoms with van der Waals surface area (Å²) in [5.74, 6) is -0.120. The average molecular weight is 360 g/mol. The summed E-state index contributed by atoms with van der Waals surface area (Å²) in [5.41, 5.74) is 1.38. The van der Waals surface area contributed by atoms with Gasteiger partial charge in [-0.3, -0.25) is 10.1 Å². The number of allylic oxidation sites excluding steroid dienone is 2. The lowest BCUT2D eigenvalue weighted by Crippen LogP contribution is -2.29. The highest BCUT2D eigenvalue weighted by atomic mass is 19.4. The maximum Gasteiger partial charge on any atom is 0.416 e. The van der Waals surface area contributed by atoms with Crippen molar-refractivity contribution in [2.75, 3.05) is 5.32 Å². The minimum absolute atomic E-state index is 0.00465. The summed E-state index contributed by atoms with van der Waals surface area (Å²) in [4.78, 5) is 10.6. The fraction of sp³-hybridized carbons (Fsp3) is 0.263. The monoisotopic (exact) mass is 360 g/mol. The first kappa shape index (κ1) is 16.6. The lowest BCUT2D eigenvalue weighted by molar-refractivity contribution is -0.384. The van der Waals surface area contributed by atoms with Crippen LogP contribution in [0.5, 0.6) is 0 Å². The van der Waals surface area contributed by atoms with Crippen LogP contribution in [0.25, 0.3) is 0 Å². The lowest BCUT2D eigenvalue weighted by Gasteiger charge is -2.37. The molecule has 4 rings (SSSR count). The summed E-state index contributed by atoms with van der Waals surface area (Å²) in [6.45, 7) is 0. The predicted octanol–water partition coefficient (Wildman–Crippen LogP) is 5.44. The van der Waals surface area contributed by atoms with E-state index in [2.05, 4.69) is 5.32 Å². The third-order valence-corrected chi connectivity index (χ3v) is 5.13. The number of nitro benzene ring substituents is 1. The Kier molecular flexibility index (Phi) is 3.75. The first-order valence-electron chi connectivity index (χ1n) is 8.23. The Labute approximate surface area is 147 Å². The van der Waals surface area contributed by atoms with Crippen molar-refractivity contribution >= 4 is 11.4 Å². The maximum absolute atomic E-state index is 13.1. The molecule has 0 spiro atoms. The van der Waals surface area contributed by atoms with Gasteiger partial charge < -0.3 is 5.32 Å². The highest BCUT2D eigenvalue weighted by Crippen LogP contribution is 2.50. The molecule has 2 aliphatic rings. The molecule has 1 aliphatic carbocycles. The molecule has 0 saturated carbocycles. The molecule has 2 aromatic rings. The van der Waals surface area contributed by atoms with E-state index in [0.717, 1.165) is 11.6 Å². The smallest absolute Gasteiger partial charge is 0.378 e. The first-order valence-corrected chi connectivity index (χ1v) is 8.23. The number of fused-ring (bicyclic) bond motifs is 3. The van der Waals surface area contributed by atoms with Gasteiger partial charge in [-0.05, 0) is 41.7 Å². The number of benzene rings is 2. The SMILES string of the molecule is O=[N+]([O-])c1cccc([C@@H]2Nc3ccc(C(F)(F)F)cc3[C@@H]3C=CC[C@H]32)c1. The Morgan fingerprint density at radius 3 is 2.69 bits per heavy atom. The highest BCUT2D eigenvalue weighted by molar-refractivity contribution is 5.61. The minimum atomic E-state index is -4.39. The molecule has 1 aliphatic heterocycles. The number of non-ortho nitro benzene ring substituents is 1. The van der Waals surface area contributed by atoms with Crippen LogP contribution < -0.4 is 5.32 Å². The van der Waals surface area contributed by atoms with Crippen molar-refractivity contribution in [1.29, 1.82) is 0 Å². The molecule has 1 N–H and O–H groups in total. The Morgan fingerprint density at radius 2 is 1.96 bits per heavy atom. The topological polar surface area (TPSA) is 55.2 Å². The van der Waals surface area contributed by atoms with Crippen molar-refractivity contribution in [1.82, 2.24) is 0 Å². The molecule has 4 nitrogen and oxygen atoms in total. The molecule has 0 radical (unpaired) electrons. The zero-order valence-electron chi connectivity index (χ0n) is 13.5. The number of nitrogens with one attached hydrogen (secondary N) is 1. The number of hydrogen-bond donors (Lipinski definition) is 1. The van der Waals surface area contributed by atoms with Gasteiger partial charge in [-0.25, -0.2) is 0 Å². The molecule has 26 heavy (non-hydrogen) atoms. The van der Waals surface area contributed by atoms with Gasteiger partial charge in [-0.1, -0.05) is 24.3 Å². The number of halogens is 3. The summed E-state index contributed by atoms with van der Waals surface area (Å²) in [7, 11) is 0. The number of nitrogens with zero attached hydrogens (tertiary/aromatic N) is 1. The Morgan fingerprint density at radius 1 is 1.15 bits per heavy atom. The molecule has 0 unspecified atom stereocenters. The van der Waals surface area contributed by atoms with Gasteiger partial charge in [0.1, 0.15) is 0 Å². The summed E-state index contributed by atoms with van der Waals surface area (Å²) in [6, 6.07) is 9.94. The Balaban J connectivity index is 1.76. The maximum atomic E-state index is 13.1. The molecule has 0 fully saturated rings. The number of nitro groups is 1. The van der Waals surface area contributed by atoms with E-state index >= 15 is 0 Å². The van der Waals surface area contributed by atoms with Crippen LogP contribution in [0, 0.1) is 16.0 Å². The normalized spacial score (nSPS) is 23.9. The van der Waals surface area contributed by atoms with E-state index in [9.17, 15) is 23.3 Å². The van der Waals surface area contributed by atoms with Crippen molar-refractivity contribution in [2.24, 2.45) is 5.92 Å². The fourth-order valence-electron chi connectivity index (χ4n) is 3.93. The Bertz CT molecular complexity index is 908. The number of hydrogen-bond acceptors (Lipinski definition) is 3. The van der Waals surface area contributed by atoms with Crippen molar-refractivity contribution in [3.05, 3.63) is 81.4 Å². The van der Waals surface area contributed by atoms with E-state index < -0.39 is 16.7 Å². The second-order valence-electron chi connectivity index (χ2n) is 6.63. The van der Waals surface area contributed by atoms with Crippen LogP contribution in [0.4, 0.5) is 24.5 Å². The quantitative estimate of drug-likeness (QED) is 0.441. The molecule has 3 atom stereocenters. The second-order valence-corrected chi connectivity index (χ2v) is 6.63. The van der Waals surface area contributed by atoms with Crippen LogP contribution >= 0.6 is 0 Å². The van der Waals surface area contributed by atoms with E-state index in [1.807, 2.05) is 18.2 Å². The third-order valence-electron chi connectivity index (χ3n) is 5.13. The van der Waals surface area contributed by atoms with Gasteiger partial charge in [0.15, 0.2) is 0 Å². The average Bonchev–Trinajstić information content (AvgIpc) is 3.10. The van der Waals surface area contributed by atoms with Gasteiger partial charge in [0.05, 0.1) is 16.5 Å². The molecular formula is C19H15F3N2O2. The predicted molar refractivity (Wildman–Crippen MR) is 90.9 cm³/mol. The summed E-state index contributed by atoms with van der Waals surface area (Å²) < 4.78 is 39.2. The van der Waals surface area contributed by atoms with Gasteiger partial charge >= 0.3 is 6.18 Å². The Hall–Kier alpha value is -2.83. The zero-order valence-corrected chi connectivity index (χ0v) is 13.5. The molecular weight excluding hydrogens is 345 g/mol. The van der Waals surface area contributed by atoms with Crippen molar-refractivity contribution in [3.63, 3.8) is 0 Å². The van der Waals surface area contributed by atoms with Crippen LogP contribution in [0.1, 0.15) is 35.1 Å². The van der Waals surface area contributed by atoms with Gasteiger partial charge in [0.2, 0.25) is 0 Å². The molecule has 0 bridgehead atoms. The second kappa shape index (κ2) is 5.86. The van der Waals surface area contributed by atoms with Crippen LogP contribution in [-0.2, 0) is 6.18 Å². The van der Waals surface area contributed by atoms with E-state index in [-0.39, 0.29) is 23.6 Å². The third kappa shape index (κ3) is 2.73. The number of anilines is 1. The molecule has 0 aromatic heterocycles. The molecule has 134 valence electrons. The summed E-state index contributed by atoms with van der Waals surface area (Å²) in [5, 5.41) is 14.4. The van der Waals surface area contributed by atoms with Crippen LogP contribution in [0.3, 0.4) is 0 Å². The summed E-state index contributed by atoms with van der Waals surface area (Å²) >= 11 is 0. The summed E-state index contributed by atoms with van der Waals surface area (Å²) in [6.07, 6.45) is 0.232. The fourth-order valence-corrected chi connectivity index (χ4v) is 3.93. The molecule has 2 aromatic carbocycles. The van der Waals surface area contributed by atoms with Crippen molar-refractivity contribution < 1.29 is 18.1 Å². The molecule has 7 heteroatoms. The van der Waals surface area contributed by atoms with Gasteiger partial charge in [0.25, 0.3) is 5.69 Å². The molecule has 1 heterocycles. The standard InChI is InChI=1S/C19H15F3N2O2/c20-19(21,22)12-7-8-17-16(10-12)14-5-2-6-15(14)18(23-17)11-3-1-4-13(9-11)24(25)26/h1-5,7-10,14-15,18,23H,6H2/t14-,15-,18+/m1/s1. The van der Waals surface area contributed by atoms with E-state index in [1.165, 1.54) is 24.3 Å². The van der Waals surface area contributed by atoms with Gasteiger partial charge in [-0.15, -0.1) is 0 Å². The highest BCUT2D eigenvalue weighted by Gasteiger charge is 2.40. The largest absolute Gasteiger partial charge is 0.416 e. The number of rotatable bonds is 2. The van der Waals surface area contributed by atoms with Gasteiger partial charge in [-0.2, -0.15) is 13.2 Å². The number of alkyl halides is 3. The van der Waals surface area contributed by atoms with Crippen LogP contribution in [-0.4, -0.2) is 4.92 Å². The molecule has 0 amide bonds. The first-order chi connectivity index (χ1) is 12.3. The van der Waals surface area contributed by atoms with Crippen molar-refractivity contribution in [3.8, 4) is 0 Å². The zero-order chi connectivity index (χ0) is 18.5. The van der Waals surface area contributed by atoms with E-state index in [4.69, 9.17) is 0 Å². The molecule has 0 saturated heterocycles. The van der Waals surface area contributed by atoms with Crippen molar-refractivity contribution in [2.45, 2.75) is 24.6 Å². The van der Waals surface area contributed by atoms with Crippen LogP contribution in [0.2, 0.25) is 0 Å². The van der Waals surface area contributed by atoms with Crippen LogP contribution in [0.15, 0.2) is 54.6 Å². The van der Waals surface area contributed by atoms with E-state index in [1.54, 1.807) is 6.07 Å². The van der Waals surface area contributed by atoms with Gasteiger partial charge in [0, 0.05) is 23.7 Å². The lowest BCUT2D eigenvalue weighted by atomic mass is 9.76. The van der Waals surface area contributed by atoms with E-state index in [0.29, 0.717) is 17.7 Å².